The average molecular weight is 708 g/mol. The minimum Gasteiger partial charge on any atom is -0.346 e. The summed E-state index contributed by atoms with van der Waals surface area (Å²) >= 11 is 0. The number of nitrogens with one attached hydrogen (secondary N) is 4. The molecular weight excluding hydrogens is 646 g/mol. The van der Waals surface area contributed by atoms with Gasteiger partial charge < -0.3 is 31.0 Å². The Morgan fingerprint density at radius 3 is 2.18 bits per heavy atom. The summed E-state index contributed by atoms with van der Waals surface area (Å²) in [5.74, 6) is -0.220. The third kappa shape index (κ3) is 9.22. The van der Waals surface area contributed by atoms with Crippen molar-refractivity contribution in [2.75, 3.05) is 13.1 Å². The molecule has 0 aromatic rings. The number of Topliss-reactive ketones (excluding diaryl/α,β-unsaturated/α-hetero) is 1. The normalized spacial score (nSPS) is 25.0. The molecule has 3 aliphatic carbocycles. The van der Waals surface area contributed by atoms with Crippen molar-refractivity contribution in [2.24, 2.45) is 34.0 Å². The first-order valence-corrected chi connectivity index (χ1v) is 18.9. The molecule has 1 saturated heterocycles. The number of urea groups is 1. The van der Waals surface area contributed by atoms with Crippen LogP contribution in [0.3, 0.4) is 0 Å². The minimum absolute atomic E-state index is 0.0789. The second kappa shape index (κ2) is 15.9. The van der Waals surface area contributed by atoms with Crippen LogP contribution in [0.2, 0.25) is 0 Å². The zero-order valence-electron chi connectivity index (χ0n) is 31.7. The van der Waals surface area contributed by atoms with Gasteiger partial charge in [0.05, 0.1) is 6.04 Å². The highest BCUT2D eigenvalue weighted by molar-refractivity contribution is 6.38. The van der Waals surface area contributed by atoms with Crippen molar-refractivity contribution in [3.05, 3.63) is 12.7 Å². The number of likely N-dealkylation sites (tertiary alicyclic amines) is 1. The van der Waals surface area contributed by atoms with E-state index >= 15 is 0 Å². The maximum atomic E-state index is 14.7. The predicted molar refractivity (Wildman–Crippen MR) is 196 cm³/mol. The largest absolute Gasteiger partial charge is 0.346 e. The summed E-state index contributed by atoms with van der Waals surface area (Å²) in [5.41, 5.74) is -1.44. The highest BCUT2D eigenvalue weighted by Crippen LogP contribution is 2.66. The van der Waals surface area contributed by atoms with Gasteiger partial charge in [0, 0.05) is 31.0 Å². The van der Waals surface area contributed by atoms with Crippen LogP contribution in [0.25, 0.3) is 0 Å². The average Bonchev–Trinajstić information content (AvgIpc) is 3.63. The van der Waals surface area contributed by atoms with E-state index in [1.54, 1.807) is 4.90 Å². The van der Waals surface area contributed by atoms with E-state index in [4.69, 9.17) is 6.42 Å². The third-order valence-electron chi connectivity index (χ3n) is 12.2. The smallest absolute Gasteiger partial charge is 0.315 e. The van der Waals surface area contributed by atoms with Crippen molar-refractivity contribution in [1.82, 2.24) is 26.2 Å². The zero-order valence-corrected chi connectivity index (χ0v) is 31.7. The van der Waals surface area contributed by atoms with Crippen LogP contribution in [-0.2, 0) is 24.0 Å². The molecule has 1 heterocycles. The molecule has 1 aliphatic heterocycles. The lowest BCUT2D eigenvalue weighted by atomic mass is 9.69. The standard InChI is InChI=1S/C40H61N5O6/c1-9-11-15-29(31(47)34(49)41-22-10-2)42-33(48)30-27-16-19-39(20-21-39)28(27)24-45(30)35(50)32(38(6,7)8)43-36(51)44-40(17-13-12-14-18-40)23-26(25-46)37(3,4)5/h1,10,25-30,32H,2,11-24H2,3-8H3,(H,41,49)(H,42,48)(H2,43,44,51)/t26?,27-,28-,29?,30-,32+/m0/s1. The SMILES string of the molecule is C#CCCC(NC(=O)[C@@H]1[C@H]2CCC3(CC3)[C@H]2CN1C(=O)[C@@H](NC(=O)NC1(CC(C=O)C(C)(C)C)CCCCC1)C(C)(C)C)C(=O)C(=O)NCC=C. The van der Waals surface area contributed by atoms with Crippen molar-refractivity contribution in [3.8, 4) is 12.3 Å². The summed E-state index contributed by atoms with van der Waals surface area (Å²) in [6.45, 7) is 15.8. The Balaban J connectivity index is 1.59. The van der Waals surface area contributed by atoms with Crippen LogP contribution < -0.4 is 21.3 Å². The number of carbonyl (C=O) groups is 6. The number of terminal acetylenes is 1. The molecule has 4 N–H and O–H groups in total. The van der Waals surface area contributed by atoms with Crippen molar-refractivity contribution in [3.63, 3.8) is 0 Å². The molecule has 4 aliphatic rings. The molecule has 11 nitrogen and oxygen atoms in total. The lowest BCUT2D eigenvalue weighted by molar-refractivity contribution is -0.144. The topological polar surface area (TPSA) is 154 Å². The first-order chi connectivity index (χ1) is 23.9. The number of hydrogen-bond donors (Lipinski definition) is 4. The van der Waals surface area contributed by atoms with Crippen LogP contribution >= 0.6 is 0 Å². The zero-order chi connectivity index (χ0) is 37.8. The Hall–Kier alpha value is -3.68. The molecule has 4 fully saturated rings. The van der Waals surface area contributed by atoms with Gasteiger partial charge in [-0.15, -0.1) is 18.9 Å². The lowest BCUT2D eigenvalue weighted by Crippen LogP contribution is -2.63. The van der Waals surface area contributed by atoms with Crippen LogP contribution in [-0.4, -0.2) is 77.5 Å². The highest BCUT2D eigenvalue weighted by Gasteiger charge is 2.64. The Morgan fingerprint density at radius 2 is 1.63 bits per heavy atom. The summed E-state index contributed by atoms with van der Waals surface area (Å²) in [5, 5.41) is 11.6. The molecule has 51 heavy (non-hydrogen) atoms. The second-order valence-corrected chi connectivity index (χ2v) is 17.8. The van der Waals surface area contributed by atoms with Crippen LogP contribution in [0.4, 0.5) is 4.79 Å². The van der Waals surface area contributed by atoms with Gasteiger partial charge in [-0.1, -0.05) is 66.9 Å². The highest BCUT2D eigenvalue weighted by atomic mass is 16.2. The van der Waals surface area contributed by atoms with Gasteiger partial charge in [-0.25, -0.2) is 4.79 Å². The first kappa shape index (κ1) is 40.1. The molecule has 0 aromatic heterocycles. The third-order valence-corrected chi connectivity index (χ3v) is 12.2. The Kier molecular flexibility index (Phi) is 12.5. The van der Waals surface area contributed by atoms with E-state index in [9.17, 15) is 28.8 Å². The Labute approximate surface area is 304 Å². The number of rotatable bonds is 14. The van der Waals surface area contributed by atoms with Crippen molar-refractivity contribution >= 4 is 35.8 Å². The Morgan fingerprint density at radius 1 is 0.961 bits per heavy atom. The quantitative estimate of drug-likeness (QED) is 0.0907. The number of ketones is 1. The fourth-order valence-corrected chi connectivity index (χ4v) is 8.88. The lowest BCUT2D eigenvalue weighted by Gasteiger charge is -2.43. The van der Waals surface area contributed by atoms with Crippen LogP contribution in [0, 0.1) is 46.3 Å². The number of amides is 5. The minimum atomic E-state index is -1.15. The summed E-state index contributed by atoms with van der Waals surface area (Å²) in [6, 6.07) is -3.44. The van der Waals surface area contributed by atoms with Gasteiger partial charge in [0.1, 0.15) is 18.4 Å². The monoisotopic (exact) mass is 707 g/mol. The van der Waals surface area contributed by atoms with E-state index in [-0.39, 0.29) is 53.9 Å². The number of hydrogen-bond acceptors (Lipinski definition) is 6. The van der Waals surface area contributed by atoms with Gasteiger partial charge in [0.25, 0.3) is 5.91 Å². The van der Waals surface area contributed by atoms with E-state index in [2.05, 4.69) is 33.8 Å². The fraction of sp³-hybridized carbons (Fsp3) is 0.750. The summed E-state index contributed by atoms with van der Waals surface area (Å²) < 4.78 is 0. The fourth-order valence-electron chi connectivity index (χ4n) is 8.88. The molecule has 6 atom stereocenters. The van der Waals surface area contributed by atoms with Gasteiger partial charge in [-0.05, 0) is 79.4 Å². The Bertz CT molecular complexity index is 1390. The van der Waals surface area contributed by atoms with Gasteiger partial charge >= 0.3 is 6.03 Å². The molecule has 4 rings (SSSR count). The molecule has 282 valence electrons. The number of carbonyl (C=O) groups excluding carboxylic acids is 6. The molecule has 3 saturated carbocycles. The maximum absolute atomic E-state index is 14.7. The van der Waals surface area contributed by atoms with Crippen molar-refractivity contribution in [2.45, 2.75) is 142 Å². The van der Waals surface area contributed by atoms with Gasteiger partial charge in [-0.2, -0.15) is 0 Å². The molecule has 2 unspecified atom stereocenters. The summed E-state index contributed by atoms with van der Waals surface area (Å²) in [4.78, 5) is 82.5. The molecule has 5 amide bonds. The predicted octanol–water partition coefficient (Wildman–Crippen LogP) is 4.44. The molecule has 0 radical (unpaired) electrons. The van der Waals surface area contributed by atoms with E-state index in [1.807, 2.05) is 41.5 Å². The van der Waals surface area contributed by atoms with E-state index in [0.29, 0.717) is 13.0 Å². The summed E-state index contributed by atoms with van der Waals surface area (Å²) in [7, 11) is 0. The van der Waals surface area contributed by atoms with Gasteiger partial charge in [-0.3, -0.25) is 19.2 Å². The molecule has 0 bridgehead atoms. The van der Waals surface area contributed by atoms with Gasteiger partial charge in [0.2, 0.25) is 17.6 Å². The summed E-state index contributed by atoms with van der Waals surface area (Å²) in [6.07, 6.45) is 17.0. The van der Waals surface area contributed by atoms with Gasteiger partial charge in [0.15, 0.2) is 0 Å². The van der Waals surface area contributed by atoms with E-state index in [0.717, 1.165) is 64.1 Å². The van der Waals surface area contributed by atoms with E-state index in [1.165, 1.54) is 6.08 Å². The molecule has 1 spiro atoms. The molecular formula is C40H61N5O6. The number of nitrogens with zero attached hydrogens (tertiary/aromatic N) is 1. The van der Waals surface area contributed by atoms with Crippen molar-refractivity contribution in [1.29, 1.82) is 0 Å². The number of aldehydes is 1. The van der Waals surface area contributed by atoms with Crippen LogP contribution in [0.5, 0.6) is 0 Å². The second-order valence-electron chi connectivity index (χ2n) is 17.8. The van der Waals surface area contributed by atoms with E-state index < -0.39 is 52.7 Å². The van der Waals surface area contributed by atoms with Crippen LogP contribution in [0.1, 0.15) is 119 Å². The van der Waals surface area contributed by atoms with Crippen molar-refractivity contribution < 1.29 is 28.8 Å². The first-order valence-electron chi connectivity index (χ1n) is 18.9. The number of fused-ring (bicyclic) bond motifs is 2. The maximum Gasteiger partial charge on any atom is 0.315 e. The molecule has 0 aromatic carbocycles. The molecule has 11 heteroatoms. The van der Waals surface area contributed by atoms with Crippen LogP contribution in [0.15, 0.2) is 12.7 Å².